The van der Waals surface area contributed by atoms with Crippen LogP contribution in [0.15, 0.2) is 46.9 Å². The fourth-order valence-electron chi connectivity index (χ4n) is 2.28. The average Bonchev–Trinajstić information content (AvgIpc) is 2.69. The van der Waals surface area contributed by atoms with Crippen LogP contribution >= 0.6 is 27.5 Å². The first-order valence-electron chi connectivity index (χ1n) is 5.97. The van der Waals surface area contributed by atoms with Crippen molar-refractivity contribution in [3.63, 3.8) is 0 Å². The second-order valence-corrected chi connectivity index (χ2v) is 5.91. The molecular weight excluding hydrogens is 326 g/mol. The molecular formula is C15H11BrClNO. The summed E-state index contributed by atoms with van der Waals surface area (Å²) in [6.07, 6.45) is 0.461. The molecule has 0 fully saturated rings. The molecule has 0 atom stereocenters. The van der Waals surface area contributed by atoms with Crippen molar-refractivity contribution in [1.29, 1.82) is 0 Å². The van der Waals surface area contributed by atoms with Crippen LogP contribution < -0.4 is 4.90 Å². The predicted molar refractivity (Wildman–Crippen MR) is 80.5 cm³/mol. The zero-order valence-corrected chi connectivity index (χ0v) is 12.4. The van der Waals surface area contributed by atoms with Crippen molar-refractivity contribution in [2.45, 2.75) is 13.0 Å². The van der Waals surface area contributed by atoms with Crippen molar-refractivity contribution >= 4 is 39.1 Å². The third kappa shape index (κ3) is 2.53. The maximum atomic E-state index is 12.1. The fourth-order valence-corrected chi connectivity index (χ4v) is 2.71. The first-order chi connectivity index (χ1) is 9.13. The Morgan fingerprint density at radius 1 is 1.16 bits per heavy atom. The molecule has 0 saturated carbocycles. The number of halogens is 2. The molecule has 96 valence electrons. The van der Waals surface area contributed by atoms with Crippen LogP contribution in [0.1, 0.15) is 11.1 Å². The molecule has 19 heavy (non-hydrogen) atoms. The Bertz CT molecular complexity index is 639. The number of anilines is 1. The third-order valence-electron chi connectivity index (χ3n) is 3.23. The van der Waals surface area contributed by atoms with Gasteiger partial charge in [-0.25, -0.2) is 0 Å². The molecule has 0 N–H and O–H groups in total. The van der Waals surface area contributed by atoms with Crippen molar-refractivity contribution in [3.05, 3.63) is 63.1 Å². The number of fused-ring (bicyclic) bond motifs is 1. The summed E-state index contributed by atoms with van der Waals surface area (Å²) in [5.74, 6) is 0.125. The topological polar surface area (TPSA) is 20.3 Å². The average molecular weight is 337 g/mol. The molecule has 2 nitrogen and oxygen atoms in total. The number of carbonyl (C=O) groups is 1. The zero-order valence-electron chi connectivity index (χ0n) is 10.1. The van der Waals surface area contributed by atoms with Crippen molar-refractivity contribution in [3.8, 4) is 0 Å². The van der Waals surface area contributed by atoms with E-state index in [0.29, 0.717) is 18.0 Å². The molecule has 1 amide bonds. The first kappa shape index (κ1) is 12.7. The predicted octanol–water partition coefficient (Wildman–Crippen LogP) is 4.19. The maximum Gasteiger partial charge on any atom is 0.231 e. The van der Waals surface area contributed by atoms with E-state index in [4.69, 9.17) is 11.6 Å². The highest BCUT2D eigenvalue weighted by atomic mass is 79.9. The summed E-state index contributed by atoms with van der Waals surface area (Å²) < 4.78 is 1.03. The zero-order chi connectivity index (χ0) is 13.4. The van der Waals surface area contributed by atoms with Gasteiger partial charge in [0.25, 0.3) is 0 Å². The summed E-state index contributed by atoms with van der Waals surface area (Å²) in [4.78, 5) is 13.9. The molecule has 2 aromatic rings. The van der Waals surface area contributed by atoms with Crippen LogP contribution in [-0.4, -0.2) is 5.91 Å². The molecule has 0 saturated heterocycles. The lowest BCUT2D eigenvalue weighted by Crippen LogP contribution is -2.25. The Kier molecular flexibility index (Phi) is 3.33. The van der Waals surface area contributed by atoms with Gasteiger partial charge in [0.2, 0.25) is 5.91 Å². The molecule has 4 heteroatoms. The van der Waals surface area contributed by atoms with Crippen LogP contribution in [0.25, 0.3) is 0 Å². The molecule has 0 aromatic heterocycles. The molecule has 0 unspecified atom stereocenters. The van der Waals surface area contributed by atoms with E-state index < -0.39 is 0 Å². The number of amides is 1. The summed E-state index contributed by atoms with van der Waals surface area (Å²) in [6, 6.07) is 13.6. The minimum absolute atomic E-state index is 0.125. The summed E-state index contributed by atoms with van der Waals surface area (Å²) in [5, 5.41) is 0.661. The lowest BCUT2D eigenvalue weighted by Gasteiger charge is -2.17. The Hall–Kier alpha value is -1.32. The Labute approximate surface area is 125 Å². The van der Waals surface area contributed by atoms with Gasteiger partial charge >= 0.3 is 0 Å². The molecule has 0 bridgehead atoms. The molecule has 0 radical (unpaired) electrons. The van der Waals surface area contributed by atoms with Crippen LogP contribution in [0.3, 0.4) is 0 Å². The Balaban J connectivity index is 1.91. The minimum Gasteiger partial charge on any atom is -0.307 e. The normalized spacial score (nSPS) is 13.8. The van der Waals surface area contributed by atoms with Crippen molar-refractivity contribution in [1.82, 2.24) is 0 Å². The van der Waals surface area contributed by atoms with E-state index in [2.05, 4.69) is 15.9 Å². The van der Waals surface area contributed by atoms with Crippen LogP contribution in [0.4, 0.5) is 5.69 Å². The van der Waals surface area contributed by atoms with Gasteiger partial charge in [0.15, 0.2) is 0 Å². The van der Waals surface area contributed by atoms with E-state index in [9.17, 15) is 4.79 Å². The Morgan fingerprint density at radius 3 is 2.63 bits per heavy atom. The summed E-state index contributed by atoms with van der Waals surface area (Å²) >= 11 is 9.42. The molecule has 3 rings (SSSR count). The maximum absolute atomic E-state index is 12.1. The highest BCUT2D eigenvalue weighted by Crippen LogP contribution is 2.32. The number of rotatable bonds is 2. The number of hydrogen-bond acceptors (Lipinski definition) is 1. The molecule has 0 spiro atoms. The number of carbonyl (C=O) groups excluding carboxylic acids is 1. The molecule has 1 aliphatic heterocycles. The summed E-state index contributed by atoms with van der Waals surface area (Å²) in [5.41, 5.74) is 3.08. The second kappa shape index (κ2) is 4.99. The quantitative estimate of drug-likeness (QED) is 0.805. The highest BCUT2D eigenvalue weighted by Gasteiger charge is 2.27. The Morgan fingerprint density at radius 2 is 1.89 bits per heavy atom. The molecule has 1 aliphatic rings. The van der Waals surface area contributed by atoms with Crippen molar-refractivity contribution in [2.24, 2.45) is 0 Å². The van der Waals surface area contributed by atoms with Gasteiger partial charge in [-0.15, -0.1) is 0 Å². The van der Waals surface area contributed by atoms with Gasteiger partial charge in [-0.05, 0) is 35.4 Å². The van der Waals surface area contributed by atoms with Gasteiger partial charge < -0.3 is 4.90 Å². The van der Waals surface area contributed by atoms with Crippen molar-refractivity contribution in [2.75, 3.05) is 4.90 Å². The van der Waals surface area contributed by atoms with Crippen LogP contribution in [0, 0.1) is 0 Å². The third-order valence-corrected chi connectivity index (χ3v) is 4.00. The lowest BCUT2D eigenvalue weighted by molar-refractivity contribution is -0.117. The second-order valence-electron chi connectivity index (χ2n) is 4.56. The van der Waals surface area contributed by atoms with Crippen LogP contribution in [0.5, 0.6) is 0 Å². The van der Waals surface area contributed by atoms with Gasteiger partial charge in [-0.2, -0.15) is 0 Å². The van der Waals surface area contributed by atoms with E-state index in [-0.39, 0.29) is 5.91 Å². The lowest BCUT2D eigenvalue weighted by atomic mass is 10.1. The SMILES string of the molecule is O=C1Cc2ccc(Cl)cc2N1Cc1ccc(Br)cc1. The van der Waals surface area contributed by atoms with E-state index in [1.165, 1.54) is 0 Å². The van der Waals surface area contributed by atoms with E-state index in [0.717, 1.165) is 21.3 Å². The van der Waals surface area contributed by atoms with Gasteiger partial charge in [-0.3, -0.25) is 4.79 Å². The van der Waals surface area contributed by atoms with Crippen LogP contribution in [-0.2, 0) is 17.8 Å². The van der Waals surface area contributed by atoms with Gasteiger partial charge in [-0.1, -0.05) is 45.7 Å². The number of nitrogens with zero attached hydrogens (tertiary/aromatic N) is 1. The van der Waals surface area contributed by atoms with Gasteiger partial charge in [0, 0.05) is 15.2 Å². The van der Waals surface area contributed by atoms with Crippen LogP contribution in [0.2, 0.25) is 5.02 Å². The molecule has 2 aromatic carbocycles. The van der Waals surface area contributed by atoms with E-state index in [1.54, 1.807) is 4.90 Å². The molecule has 1 heterocycles. The number of benzene rings is 2. The van der Waals surface area contributed by atoms with Crippen molar-refractivity contribution < 1.29 is 4.79 Å². The summed E-state index contributed by atoms with van der Waals surface area (Å²) in [7, 11) is 0. The fraction of sp³-hybridized carbons (Fsp3) is 0.133. The summed E-state index contributed by atoms with van der Waals surface area (Å²) in [6.45, 7) is 0.583. The highest BCUT2D eigenvalue weighted by molar-refractivity contribution is 9.10. The number of hydrogen-bond donors (Lipinski definition) is 0. The van der Waals surface area contributed by atoms with E-state index in [1.807, 2.05) is 42.5 Å². The standard InChI is InChI=1S/C15H11BrClNO/c16-12-4-1-10(2-5-12)9-18-14-8-13(17)6-3-11(14)7-15(18)19/h1-6,8H,7,9H2. The monoisotopic (exact) mass is 335 g/mol. The largest absolute Gasteiger partial charge is 0.307 e. The van der Waals surface area contributed by atoms with Gasteiger partial charge in [0.05, 0.1) is 13.0 Å². The van der Waals surface area contributed by atoms with Gasteiger partial charge in [0.1, 0.15) is 0 Å². The van der Waals surface area contributed by atoms with E-state index >= 15 is 0 Å². The first-order valence-corrected chi connectivity index (χ1v) is 7.14. The minimum atomic E-state index is 0.125. The molecule has 0 aliphatic carbocycles. The smallest absolute Gasteiger partial charge is 0.231 e.